The normalized spacial score (nSPS) is 12.0. The zero-order valence-electron chi connectivity index (χ0n) is 12.2. The second kappa shape index (κ2) is 7.56. The predicted octanol–water partition coefficient (Wildman–Crippen LogP) is 1.63. The quantitative estimate of drug-likeness (QED) is 0.595. The van der Waals surface area contributed by atoms with E-state index in [9.17, 15) is 0 Å². The van der Waals surface area contributed by atoms with E-state index in [0.717, 1.165) is 16.9 Å². The van der Waals surface area contributed by atoms with Crippen LogP contribution in [-0.2, 0) is 6.42 Å². The van der Waals surface area contributed by atoms with Gasteiger partial charge in [0.25, 0.3) is 0 Å². The number of methoxy groups -OCH3 is 1. The highest BCUT2D eigenvalue weighted by atomic mass is 16.5. The third-order valence-electron chi connectivity index (χ3n) is 3.10. The molecule has 21 heavy (non-hydrogen) atoms. The molecule has 0 amide bonds. The fraction of sp³-hybridized carbons (Fsp3) is 0.333. The van der Waals surface area contributed by atoms with Gasteiger partial charge in [-0.3, -0.25) is 16.3 Å². The minimum Gasteiger partial charge on any atom is -0.492 e. The standard InChI is InChI=1S/C15H20N4O2/c1-3-21-13-7-12(9-17-10-13)14(19-16)6-11-4-5-15(20-2)18-8-11/h4-5,7-10,14,19H,3,6,16H2,1-2H3. The molecule has 2 heterocycles. The van der Waals surface area contributed by atoms with E-state index >= 15 is 0 Å². The van der Waals surface area contributed by atoms with Crippen LogP contribution in [0.25, 0.3) is 0 Å². The molecule has 2 aromatic heterocycles. The fourth-order valence-electron chi connectivity index (χ4n) is 2.03. The Bertz CT molecular complexity index is 560. The van der Waals surface area contributed by atoms with E-state index in [-0.39, 0.29) is 6.04 Å². The van der Waals surface area contributed by atoms with Gasteiger partial charge in [-0.05, 0) is 30.5 Å². The topological polar surface area (TPSA) is 82.3 Å². The monoisotopic (exact) mass is 288 g/mol. The number of hydrogen-bond donors (Lipinski definition) is 2. The van der Waals surface area contributed by atoms with Gasteiger partial charge in [0.05, 0.1) is 26.0 Å². The highest BCUT2D eigenvalue weighted by Gasteiger charge is 2.12. The van der Waals surface area contributed by atoms with Gasteiger partial charge in [0.1, 0.15) is 5.75 Å². The van der Waals surface area contributed by atoms with Gasteiger partial charge in [0.15, 0.2) is 0 Å². The first-order valence-electron chi connectivity index (χ1n) is 6.79. The number of aromatic nitrogens is 2. The van der Waals surface area contributed by atoms with Crippen molar-refractivity contribution < 1.29 is 9.47 Å². The Hall–Kier alpha value is -2.18. The summed E-state index contributed by atoms with van der Waals surface area (Å²) in [4.78, 5) is 8.38. The first-order valence-corrected chi connectivity index (χ1v) is 6.79. The van der Waals surface area contributed by atoms with Crippen LogP contribution in [0, 0.1) is 0 Å². The number of pyridine rings is 2. The average molecular weight is 288 g/mol. The number of hydrogen-bond acceptors (Lipinski definition) is 6. The summed E-state index contributed by atoms with van der Waals surface area (Å²) in [5.74, 6) is 7.00. The highest BCUT2D eigenvalue weighted by molar-refractivity contribution is 5.28. The van der Waals surface area contributed by atoms with Gasteiger partial charge in [-0.15, -0.1) is 0 Å². The Kier molecular flexibility index (Phi) is 5.48. The van der Waals surface area contributed by atoms with Crippen molar-refractivity contribution in [1.82, 2.24) is 15.4 Å². The third kappa shape index (κ3) is 4.14. The first-order chi connectivity index (χ1) is 10.3. The predicted molar refractivity (Wildman–Crippen MR) is 80.0 cm³/mol. The minimum absolute atomic E-state index is 0.0619. The van der Waals surface area contributed by atoms with Crippen molar-refractivity contribution in [2.75, 3.05) is 13.7 Å². The molecule has 0 bridgehead atoms. The van der Waals surface area contributed by atoms with Crippen molar-refractivity contribution in [2.45, 2.75) is 19.4 Å². The van der Waals surface area contributed by atoms with E-state index in [4.69, 9.17) is 15.3 Å². The fourth-order valence-corrected chi connectivity index (χ4v) is 2.03. The summed E-state index contributed by atoms with van der Waals surface area (Å²) in [6.07, 6.45) is 5.95. The number of nitrogens with one attached hydrogen (secondary N) is 1. The molecule has 0 fully saturated rings. The van der Waals surface area contributed by atoms with Gasteiger partial charge >= 0.3 is 0 Å². The summed E-state index contributed by atoms with van der Waals surface area (Å²) in [6, 6.07) is 5.68. The van der Waals surface area contributed by atoms with Crippen molar-refractivity contribution in [3.05, 3.63) is 47.9 Å². The lowest BCUT2D eigenvalue weighted by atomic mass is 10.0. The smallest absolute Gasteiger partial charge is 0.212 e. The maximum absolute atomic E-state index is 5.67. The molecular weight excluding hydrogens is 268 g/mol. The van der Waals surface area contributed by atoms with Gasteiger partial charge in [-0.2, -0.15) is 0 Å². The summed E-state index contributed by atoms with van der Waals surface area (Å²) in [7, 11) is 1.59. The molecule has 0 aliphatic heterocycles. The Balaban J connectivity index is 2.12. The molecule has 3 N–H and O–H groups in total. The maximum atomic E-state index is 5.67. The number of rotatable bonds is 7. The van der Waals surface area contributed by atoms with Crippen molar-refractivity contribution in [3.8, 4) is 11.6 Å². The lowest BCUT2D eigenvalue weighted by molar-refractivity contribution is 0.338. The molecule has 0 aliphatic rings. The average Bonchev–Trinajstić information content (AvgIpc) is 2.54. The Labute approximate surface area is 124 Å². The van der Waals surface area contributed by atoms with Gasteiger partial charge in [-0.25, -0.2) is 4.98 Å². The molecule has 1 unspecified atom stereocenters. The van der Waals surface area contributed by atoms with Gasteiger partial charge < -0.3 is 9.47 Å². The largest absolute Gasteiger partial charge is 0.492 e. The third-order valence-corrected chi connectivity index (χ3v) is 3.10. The second-order valence-electron chi connectivity index (χ2n) is 4.52. The van der Waals surface area contributed by atoms with Crippen LogP contribution >= 0.6 is 0 Å². The molecule has 1 atom stereocenters. The van der Waals surface area contributed by atoms with Crippen LogP contribution < -0.4 is 20.7 Å². The summed E-state index contributed by atoms with van der Waals surface area (Å²) < 4.78 is 10.5. The van der Waals surface area contributed by atoms with Crippen LogP contribution in [0.3, 0.4) is 0 Å². The van der Waals surface area contributed by atoms with Crippen molar-refractivity contribution in [2.24, 2.45) is 5.84 Å². The number of nitrogens with zero attached hydrogens (tertiary/aromatic N) is 2. The molecule has 112 valence electrons. The molecule has 0 aromatic carbocycles. The second-order valence-corrected chi connectivity index (χ2v) is 4.52. The molecule has 2 rings (SSSR count). The van der Waals surface area contributed by atoms with E-state index in [2.05, 4.69) is 15.4 Å². The zero-order valence-corrected chi connectivity index (χ0v) is 12.2. The molecule has 0 spiro atoms. The van der Waals surface area contributed by atoms with Crippen molar-refractivity contribution in [1.29, 1.82) is 0 Å². The van der Waals surface area contributed by atoms with Crippen molar-refractivity contribution >= 4 is 0 Å². The van der Waals surface area contributed by atoms with Crippen LogP contribution in [-0.4, -0.2) is 23.7 Å². The van der Waals surface area contributed by atoms with E-state index in [0.29, 0.717) is 18.9 Å². The molecule has 0 aliphatic carbocycles. The SMILES string of the molecule is CCOc1cncc(C(Cc2ccc(OC)nc2)NN)c1. The summed E-state index contributed by atoms with van der Waals surface area (Å²) >= 11 is 0. The number of nitrogens with two attached hydrogens (primary N) is 1. The zero-order chi connectivity index (χ0) is 15.1. The van der Waals surface area contributed by atoms with Crippen LogP contribution in [0.4, 0.5) is 0 Å². The summed E-state index contributed by atoms with van der Waals surface area (Å²) in [5, 5.41) is 0. The van der Waals surface area contributed by atoms with E-state index < -0.39 is 0 Å². The molecule has 6 heteroatoms. The van der Waals surface area contributed by atoms with Gasteiger partial charge in [-0.1, -0.05) is 6.07 Å². The molecule has 0 saturated heterocycles. The Morgan fingerprint density at radius 1 is 1.29 bits per heavy atom. The molecule has 6 nitrogen and oxygen atoms in total. The summed E-state index contributed by atoms with van der Waals surface area (Å²) in [6.45, 7) is 2.54. The lowest BCUT2D eigenvalue weighted by Crippen LogP contribution is -2.29. The summed E-state index contributed by atoms with van der Waals surface area (Å²) in [5.41, 5.74) is 4.84. The minimum atomic E-state index is -0.0619. The van der Waals surface area contributed by atoms with Gasteiger partial charge in [0.2, 0.25) is 5.88 Å². The molecule has 2 aromatic rings. The molecular formula is C15H20N4O2. The molecule has 0 saturated carbocycles. The van der Waals surface area contributed by atoms with Crippen LogP contribution in [0.2, 0.25) is 0 Å². The number of hydrazine groups is 1. The van der Waals surface area contributed by atoms with Crippen LogP contribution in [0.1, 0.15) is 24.1 Å². The first kappa shape index (κ1) is 15.2. The lowest BCUT2D eigenvalue weighted by Gasteiger charge is -2.17. The van der Waals surface area contributed by atoms with E-state index in [1.165, 1.54) is 0 Å². The van der Waals surface area contributed by atoms with E-state index in [1.54, 1.807) is 25.7 Å². The van der Waals surface area contributed by atoms with Crippen molar-refractivity contribution in [3.63, 3.8) is 0 Å². The number of ether oxygens (including phenoxy) is 2. The Morgan fingerprint density at radius 2 is 2.14 bits per heavy atom. The van der Waals surface area contributed by atoms with Gasteiger partial charge in [0, 0.05) is 18.5 Å². The van der Waals surface area contributed by atoms with E-state index in [1.807, 2.05) is 25.1 Å². The van der Waals surface area contributed by atoms with Crippen LogP contribution in [0.5, 0.6) is 11.6 Å². The highest BCUT2D eigenvalue weighted by Crippen LogP contribution is 2.21. The van der Waals surface area contributed by atoms with Crippen LogP contribution in [0.15, 0.2) is 36.8 Å². The molecule has 0 radical (unpaired) electrons. The maximum Gasteiger partial charge on any atom is 0.212 e. The Morgan fingerprint density at radius 3 is 2.76 bits per heavy atom.